The van der Waals surface area contributed by atoms with E-state index in [-0.39, 0.29) is 5.75 Å². The van der Waals surface area contributed by atoms with Gasteiger partial charge < -0.3 is 5.11 Å². The maximum absolute atomic E-state index is 11.7. The number of carboxylic acids is 1. The fourth-order valence-corrected chi connectivity index (χ4v) is 2.70. The number of halogens is 1. The molecule has 0 saturated heterocycles. The Morgan fingerprint density at radius 1 is 1.53 bits per heavy atom. The Balaban J connectivity index is 2.78. The molecule has 0 aliphatic heterocycles. The van der Waals surface area contributed by atoms with Crippen LogP contribution >= 0.6 is 11.6 Å². The highest BCUT2D eigenvalue weighted by atomic mass is 35.5. The smallest absolute Gasteiger partial charge is 0.307 e. The van der Waals surface area contributed by atoms with Crippen LogP contribution in [-0.4, -0.2) is 21.0 Å². The Morgan fingerprint density at radius 3 is 2.67 bits per heavy atom. The van der Waals surface area contributed by atoms with Gasteiger partial charge in [0.25, 0.3) is 0 Å². The molecule has 0 saturated carbocycles. The first-order valence-corrected chi connectivity index (χ1v) is 6.07. The Kier molecular flexibility index (Phi) is 4.29. The molecule has 2 atom stereocenters. The summed E-state index contributed by atoms with van der Waals surface area (Å²) in [4.78, 5) is 11.1. The summed E-state index contributed by atoms with van der Waals surface area (Å²) in [7, 11) is -1.36. The molecule has 15 heavy (non-hydrogen) atoms. The first kappa shape index (κ1) is 12.2. The minimum atomic E-state index is -1.36. The Bertz CT molecular complexity index is 392. The quantitative estimate of drug-likeness (QED) is 0.886. The van der Waals surface area contributed by atoms with Gasteiger partial charge >= 0.3 is 5.97 Å². The van der Waals surface area contributed by atoms with Crippen LogP contribution in [0.5, 0.6) is 0 Å². The number of carboxylic acid groups (broad SMARTS) is 1. The van der Waals surface area contributed by atoms with Crippen LogP contribution in [0.3, 0.4) is 0 Å². The van der Waals surface area contributed by atoms with Gasteiger partial charge in [-0.25, -0.2) is 0 Å². The second kappa shape index (κ2) is 5.28. The third-order valence-corrected chi connectivity index (χ3v) is 4.00. The summed E-state index contributed by atoms with van der Waals surface area (Å²) in [6.07, 6.45) is 0. The van der Waals surface area contributed by atoms with Crippen molar-refractivity contribution in [2.24, 2.45) is 5.92 Å². The van der Waals surface area contributed by atoms with Gasteiger partial charge in [-0.3, -0.25) is 9.00 Å². The predicted molar refractivity (Wildman–Crippen MR) is 59.5 cm³/mol. The van der Waals surface area contributed by atoms with Crippen molar-refractivity contribution < 1.29 is 14.1 Å². The number of aliphatic carboxylic acids is 1. The molecule has 0 spiro atoms. The van der Waals surface area contributed by atoms with Gasteiger partial charge in [-0.2, -0.15) is 0 Å². The number of hydrogen-bond acceptors (Lipinski definition) is 2. The Labute approximate surface area is 95.5 Å². The van der Waals surface area contributed by atoms with Crippen LogP contribution in [0.25, 0.3) is 0 Å². The SMILES string of the molecule is CC(CS(=O)c1ccccc1Cl)C(=O)O. The van der Waals surface area contributed by atoms with E-state index in [1.54, 1.807) is 24.3 Å². The largest absolute Gasteiger partial charge is 0.481 e. The number of rotatable bonds is 4. The normalized spacial score (nSPS) is 14.5. The standard InChI is InChI=1S/C10H11ClO3S/c1-7(10(12)13)6-15(14)9-5-3-2-4-8(9)11/h2-5,7H,6H2,1H3,(H,12,13). The second-order valence-corrected chi connectivity index (χ2v) is 5.05. The van der Waals surface area contributed by atoms with Gasteiger partial charge in [-0.05, 0) is 12.1 Å². The summed E-state index contributed by atoms with van der Waals surface area (Å²) in [5.41, 5.74) is 0. The topological polar surface area (TPSA) is 54.4 Å². The van der Waals surface area contributed by atoms with E-state index < -0.39 is 22.7 Å². The molecule has 3 nitrogen and oxygen atoms in total. The number of hydrogen-bond donors (Lipinski definition) is 1. The van der Waals surface area contributed by atoms with Crippen LogP contribution in [0.2, 0.25) is 5.02 Å². The van der Waals surface area contributed by atoms with E-state index in [0.29, 0.717) is 9.92 Å². The number of carbonyl (C=O) groups is 1. The molecule has 1 N–H and O–H groups in total. The first-order valence-electron chi connectivity index (χ1n) is 4.38. The van der Waals surface area contributed by atoms with Gasteiger partial charge in [0, 0.05) is 5.75 Å². The molecule has 0 heterocycles. The van der Waals surface area contributed by atoms with Crippen molar-refractivity contribution in [2.75, 3.05) is 5.75 Å². The molecular formula is C10H11ClO3S. The van der Waals surface area contributed by atoms with E-state index in [0.717, 1.165) is 0 Å². The molecule has 0 bridgehead atoms. The highest BCUT2D eigenvalue weighted by Crippen LogP contribution is 2.20. The van der Waals surface area contributed by atoms with E-state index in [1.165, 1.54) is 6.92 Å². The molecule has 1 aromatic rings. The van der Waals surface area contributed by atoms with E-state index in [9.17, 15) is 9.00 Å². The van der Waals surface area contributed by atoms with Crippen LogP contribution in [0.15, 0.2) is 29.2 Å². The average molecular weight is 247 g/mol. The molecule has 0 aliphatic rings. The van der Waals surface area contributed by atoms with Crippen molar-refractivity contribution in [2.45, 2.75) is 11.8 Å². The molecule has 0 radical (unpaired) electrons. The lowest BCUT2D eigenvalue weighted by Gasteiger charge is -2.07. The van der Waals surface area contributed by atoms with Crippen molar-refractivity contribution in [3.8, 4) is 0 Å². The van der Waals surface area contributed by atoms with E-state index in [4.69, 9.17) is 16.7 Å². The zero-order valence-electron chi connectivity index (χ0n) is 8.14. The summed E-state index contributed by atoms with van der Waals surface area (Å²) in [5, 5.41) is 9.09. The maximum Gasteiger partial charge on any atom is 0.307 e. The highest BCUT2D eigenvalue weighted by molar-refractivity contribution is 7.85. The van der Waals surface area contributed by atoms with Gasteiger partial charge in [0.2, 0.25) is 0 Å². The Hall–Kier alpha value is -0.870. The molecule has 1 aromatic carbocycles. The maximum atomic E-state index is 11.7. The van der Waals surface area contributed by atoms with Crippen molar-refractivity contribution in [1.29, 1.82) is 0 Å². The second-order valence-electron chi connectivity index (χ2n) is 3.18. The molecule has 0 aliphatic carbocycles. The van der Waals surface area contributed by atoms with Crippen molar-refractivity contribution in [1.82, 2.24) is 0 Å². The Morgan fingerprint density at radius 2 is 2.13 bits per heavy atom. The van der Waals surface area contributed by atoms with Crippen molar-refractivity contribution in [3.05, 3.63) is 29.3 Å². The van der Waals surface area contributed by atoms with E-state index in [2.05, 4.69) is 0 Å². The van der Waals surface area contributed by atoms with Crippen LogP contribution < -0.4 is 0 Å². The van der Waals surface area contributed by atoms with Gasteiger partial charge in [0.15, 0.2) is 0 Å². The van der Waals surface area contributed by atoms with E-state index in [1.807, 2.05) is 0 Å². The van der Waals surface area contributed by atoms with Gasteiger partial charge in [0.05, 0.1) is 26.6 Å². The van der Waals surface area contributed by atoms with Gasteiger partial charge in [-0.15, -0.1) is 0 Å². The highest BCUT2D eigenvalue weighted by Gasteiger charge is 2.17. The lowest BCUT2D eigenvalue weighted by atomic mass is 10.2. The minimum absolute atomic E-state index is 0.0824. The van der Waals surface area contributed by atoms with Crippen LogP contribution in [0.4, 0.5) is 0 Å². The zero-order valence-corrected chi connectivity index (χ0v) is 9.72. The molecule has 82 valence electrons. The number of benzene rings is 1. The van der Waals surface area contributed by atoms with Crippen LogP contribution in [0, 0.1) is 5.92 Å². The molecule has 0 aromatic heterocycles. The molecule has 0 amide bonds. The first-order chi connectivity index (χ1) is 7.02. The minimum Gasteiger partial charge on any atom is -0.481 e. The van der Waals surface area contributed by atoms with Gasteiger partial charge in [-0.1, -0.05) is 30.7 Å². The molecule has 1 rings (SSSR count). The van der Waals surface area contributed by atoms with Crippen LogP contribution in [-0.2, 0) is 15.6 Å². The molecule has 0 fully saturated rings. The van der Waals surface area contributed by atoms with Crippen LogP contribution in [0.1, 0.15) is 6.92 Å². The fraction of sp³-hybridized carbons (Fsp3) is 0.300. The lowest BCUT2D eigenvalue weighted by Crippen LogP contribution is -2.17. The summed E-state index contributed by atoms with van der Waals surface area (Å²) >= 11 is 5.84. The monoisotopic (exact) mass is 246 g/mol. The third-order valence-electron chi connectivity index (χ3n) is 1.90. The predicted octanol–water partition coefficient (Wildman–Crippen LogP) is 2.17. The summed E-state index contributed by atoms with van der Waals surface area (Å²) in [6.45, 7) is 1.52. The van der Waals surface area contributed by atoms with Crippen molar-refractivity contribution >= 4 is 28.4 Å². The zero-order chi connectivity index (χ0) is 11.4. The summed E-state index contributed by atoms with van der Waals surface area (Å²) < 4.78 is 11.7. The summed E-state index contributed by atoms with van der Waals surface area (Å²) in [6, 6.07) is 6.75. The average Bonchev–Trinajstić information content (AvgIpc) is 2.18. The third kappa shape index (κ3) is 3.32. The van der Waals surface area contributed by atoms with E-state index >= 15 is 0 Å². The van der Waals surface area contributed by atoms with Gasteiger partial charge in [0.1, 0.15) is 0 Å². The van der Waals surface area contributed by atoms with Crippen molar-refractivity contribution in [3.63, 3.8) is 0 Å². The summed E-state index contributed by atoms with van der Waals surface area (Å²) in [5.74, 6) is -1.50. The molecule has 5 heteroatoms. The lowest BCUT2D eigenvalue weighted by molar-refractivity contribution is -0.140. The molecular weight excluding hydrogens is 236 g/mol. The fourth-order valence-electron chi connectivity index (χ4n) is 1.02. The molecule has 2 unspecified atom stereocenters.